The number of rotatable bonds is 10. The molecule has 2 unspecified atom stereocenters. The summed E-state index contributed by atoms with van der Waals surface area (Å²) in [4.78, 5) is 24.4. The fourth-order valence-electron chi connectivity index (χ4n) is 3.32. The molecule has 0 fully saturated rings. The van der Waals surface area contributed by atoms with Crippen molar-refractivity contribution in [3.63, 3.8) is 0 Å². The van der Waals surface area contributed by atoms with E-state index in [0.29, 0.717) is 16.1 Å². The number of hydrogen-bond donors (Lipinski definition) is 3. The van der Waals surface area contributed by atoms with Gasteiger partial charge in [0, 0.05) is 10.6 Å². The maximum absolute atomic E-state index is 12.9. The first-order chi connectivity index (χ1) is 16.3. The van der Waals surface area contributed by atoms with Gasteiger partial charge in [0.25, 0.3) is 0 Å². The number of carboxylic acid groups (broad SMARTS) is 1. The summed E-state index contributed by atoms with van der Waals surface area (Å²) in [6.45, 7) is 0.720. The van der Waals surface area contributed by atoms with E-state index in [2.05, 4.69) is 0 Å². The summed E-state index contributed by atoms with van der Waals surface area (Å²) in [6, 6.07) is 19.5. The third kappa shape index (κ3) is 6.07. The minimum absolute atomic E-state index is 0.240. The molecule has 0 aromatic heterocycles. The fraction of sp³-hybridized carbons (Fsp3) is 0.200. The molecule has 0 saturated heterocycles. The first-order valence-corrected chi connectivity index (χ1v) is 12.4. The summed E-state index contributed by atoms with van der Waals surface area (Å²) in [5.41, 5.74) is 2.79. The summed E-state index contributed by atoms with van der Waals surface area (Å²) in [5, 5.41) is 20.5. The van der Waals surface area contributed by atoms with E-state index < -0.39 is 45.1 Å². The van der Waals surface area contributed by atoms with Crippen LogP contribution in [0.25, 0.3) is 0 Å². The van der Waals surface area contributed by atoms with E-state index in [1.807, 2.05) is 0 Å². The van der Waals surface area contributed by atoms with Crippen LogP contribution in [0.1, 0.15) is 22.8 Å². The van der Waals surface area contributed by atoms with Gasteiger partial charge in [0.2, 0.25) is 5.60 Å². The van der Waals surface area contributed by atoms with Crippen LogP contribution >= 0.6 is 11.6 Å². The molecule has 0 heterocycles. The van der Waals surface area contributed by atoms with E-state index in [1.165, 1.54) is 31.2 Å². The predicted molar refractivity (Wildman–Crippen MR) is 130 cm³/mol. The van der Waals surface area contributed by atoms with Crippen LogP contribution in [0.4, 0.5) is 0 Å². The van der Waals surface area contributed by atoms with Crippen LogP contribution in [0.5, 0.6) is 5.75 Å². The number of ketones is 1. The maximum Gasteiger partial charge on any atom is 0.340 e. The minimum atomic E-state index is -4.26. The van der Waals surface area contributed by atoms with E-state index in [0.717, 1.165) is 0 Å². The molecule has 0 bridgehead atoms. The van der Waals surface area contributed by atoms with E-state index in [-0.39, 0.29) is 10.6 Å². The first kappa shape index (κ1) is 26.4. The molecular weight excluding hydrogens is 494 g/mol. The molecule has 0 saturated carbocycles. The molecular formula is C25H24ClNO7S. The Balaban J connectivity index is 1.80. The van der Waals surface area contributed by atoms with Gasteiger partial charge in [-0.05, 0) is 61.0 Å². The van der Waals surface area contributed by atoms with Crippen molar-refractivity contribution >= 4 is 33.2 Å². The van der Waals surface area contributed by atoms with Crippen molar-refractivity contribution in [1.82, 2.24) is 0 Å². The van der Waals surface area contributed by atoms with Gasteiger partial charge in [-0.15, -0.1) is 0 Å². The molecule has 184 valence electrons. The van der Waals surface area contributed by atoms with Gasteiger partial charge in [-0.2, -0.15) is 0 Å². The highest BCUT2D eigenvalue weighted by Gasteiger charge is 2.43. The Morgan fingerprint density at radius 1 is 0.971 bits per heavy atom. The Labute approximate surface area is 207 Å². The van der Waals surface area contributed by atoms with Crippen molar-refractivity contribution in [2.24, 2.45) is 5.73 Å². The molecule has 0 spiro atoms. The molecule has 0 aliphatic carbocycles. The molecule has 8 nitrogen and oxygen atoms in total. The number of carbonyl (C=O) groups excluding carboxylic acids is 1. The van der Waals surface area contributed by atoms with Crippen molar-refractivity contribution in [1.29, 1.82) is 0 Å². The van der Waals surface area contributed by atoms with Gasteiger partial charge in [-0.25, -0.2) is 13.2 Å². The van der Waals surface area contributed by atoms with Gasteiger partial charge >= 0.3 is 5.97 Å². The molecule has 0 amide bonds. The molecule has 3 aromatic carbocycles. The molecule has 0 aliphatic heterocycles. The zero-order valence-electron chi connectivity index (χ0n) is 18.7. The molecule has 0 radical (unpaired) electrons. The normalized spacial score (nSPS) is 15.0. The van der Waals surface area contributed by atoms with Crippen molar-refractivity contribution in [3.8, 4) is 5.75 Å². The number of hydrogen-bond acceptors (Lipinski definition) is 7. The Morgan fingerprint density at radius 3 is 2.09 bits per heavy atom. The van der Waals surface area contributed by atoms with Crippen molar-refractivity contribution in [3.05, 3.63) is 95.0 Å². The summed E-state index contributed by atoms with van der Waals surface area (Å²) in [5.74, 6) is -2.98. The second-order valence-electron chi connectivity index (χ2n) is 8.26. The van der Waals surface area contributed by atoms with E-state index in [4.69, 9.17) is 22.1 Å². The predicted octanol–water partition coefficient (Wildman–Crippen LogP) is 3.07. The summed E-state index contributed by atoms with van der Waals surface area (Å²) >= 11 is 5.86. The second kappa shape index (κ2) is 10.2. The molecule has 0 aliphatic rings. The molecule has 4 N–H and O–H groups in total. The van der Waals surface area contributed by atoms with E-state index in [1.54, 1.807) is 54.6 Å². The first-order valence-electron chi connectivity index (χ1n) is 10.4. The largest absolute Gasteiger partial charge is 0.490 e. The summed E-state index contributed by atoms with van der Waals surface area (Å²) < 4.78 is 31.1. The average Bonchev–Trinajstić information content (AvgIpc) is 2.83. The highest BCUT2D eigenvalue weighted by atomic mass is 35.5. The zero-order valence-corrected chi connectivity index (χ0v) is 20.3. The third-order valence-corrected chi connectivity index (χ3v) is 7.54. The van der Waals surface area contributed by atoms with E-state index >= 15 is 0 Å². The van der Waals surface area contributed by atoms with Gasteiger partial charge < -0.3 is 20.7 Å². The van der Waals surface area contributed by atoms with Crippen LogP contribution < -0.4 is 10.5 Å². The van der Waals surface area contributed by atoms with E-state index in [9.17, 15) is 28.2 Å². The van der Waals surface area contributed by atoms with Crippen LogP contribution in [0, 0.1) is 0 Å². The summed E-state index contributed by atoms with van der Waals surface area (Å²) in [7, 11) is -4.26. The number of para-hydroxylation sites is 1. The standard InChI is InChI=1S/C25H24ClNO7S/c1-24(27,22(28)17-7-11-19(26)12-8-17)18-9-13-21(14-10-18)35(32,33)16-25(31,23(29)30)15-34-20-5-3-2-4-6-20/h2-14,31H,15-16,27H2,1H3,(H,29,30). The van der Waals surface area contributed by atoms with Gasteiger partial charge in [0.15, 0.2) is 15.6 Å². The quantitative estimate of drug-likeness (QED) is 0.348. The molecule has 2 atom stereocenters. The van der Waals surface area contributed by atoms with Crippen molar-refractivity contribution < 1.29 is 33.0 Å². The van der Waals surface area contributed by atoms with Crippen LogP contribution in [0.2, 0.25) is 5.02 Å². The molecule has 10 heteroatoms. The SMILES string of the molecule is CC(N)(C(=O)c1ccc(Cl)cc1)c1ccc(S(=O)(=O)CC(O)(COc2ccccc2)C(=O)O)cc1. The molecule has 3 rings (SSSR count). The third-order valence-electron chi connectivity index (χ3n) is 5.44. The lowest BCUT2D eigenvalue weighted by Gasteiger charge is -2.25. The van der Waals surface area contributed by atoms with Crippen molar-refractivity contribution in [2.75, 3.05) is 12.4 Å². The monoisotopic (exact) mass is 517 g/mol. The lowest BCUT2D eigenvalue weighted by atomic mass is 9.85. The van der Waals surface area contributed by atoms with Gasteiger partial charge in [-0.1, -0.05) is 41.9 Å². The smallest absolute Gasteiger partial charge is 0.340 e. The van der Waals surface area contributed by atoms with Crippen LogP contribution in [0.3, 0.4) is 0 Å². The van der Waals surface area contributed by atoms with Crippen LogP contribution in [-0.4, -0.2) is 48.3 Å². The fourth-order valence-corrected chi connectivity index (χ4v) is 5.00. The maximum atomic E-state index is 12.9. The topological polar surface area (TPSA) is 144 Å². The Hall–Kier alpha value is -3.24. The second-order valence-corrected chi connectivity index (χ2v) is 10.7. The van der Waals surface area contributed by atoms with Gasteiger partial charge in [-0.3, -0.25) is 4.79 Å². The minimum Gasteiger partial charge on any atom is -0.490 e. The highest BCUT2D eigenvalue weighted by Crippen LogP contribution is 2.26. The average molecular weight is 518 g/mol. The van der Waals surface area contributed by atoms with Crippen LogP contribution in [-0.2, 0) is 20.2 Å². The lowest BCUT2D eigenvalue weighted by molar-refractivity contribution is -0.158. The number of halogens is 1. The Kier molecular flexibility index (Phi) is 7.66. The molecule has 3 aromatic rings. The number of aliphatic hydroxyl groups is 1. The number of ether oxygens (including phenoxy) is 1. The number of carbonyl (C=O) groups is 2. The number of carboxylic acids is 1. The number of benzene rings is 3. The van der Waals surface area contributed by atoms with Gasteiger partial charge in [0.05, 0.1) is 10.6 Å². The Morgan fingerprint density at radius 2 is 1.54 bits per heavy atom. The van der Waals surface area contributed by atoms with Gasteiger partial charge in [0.1, 0.15) is 17.9 Å². The van der Waals surface area contributed by atoms with Crippen molar-refractivity contribution in [2.45, 2.75) is 23.0 Å². The number of nitrogens with two attached hydrogens (primary N) is 1. The lowest BCUT2D eigenvalue weighted by Crippen LogP contribution is -2.50. The number of Topliss-reactive ketones (excluding diaryl/α,β-unsaturated/α-hetero) is 1. The van der Waals surface area contributed by atoms with Crippen LogP contribution in [0.15, 0.2) is 83.8 Å². The summed E-state index contributed by atoms with van der Waals surface area (Å²) in [6.07, 6.45) is 0. The number of aliphatic carboxylic acids is 1. The number of sulfone groups is 1. The highest BCUT2D eigenvalue weighted by molar-refractivity contribution is 7.91. The molecule has 35 heavy (non-hydrogen) atoms. The Bertz CT molecular complexity index is 1310. The zero-order chi connectivity index (χ0) is 25.9.